The highest BCUT2D eigenvalue weighted by molar-refractivity contribution is 7.89. The van der Waals surface area contributed by atoms with E-state index < -0.39 is 10.0 Å². The number of carbonyl (C=O) groups is 1. The Labute approximate surface area is 223 Å². The van der Waals surface area contributed by atoms with Crippen LogP contribution in [0.25, 0.3) is 10.9 Å². The number of pyridine rings is 1. The van der Waals surface area contributed by atoms with Crippen molar-refractivity contribution in [1.29, 1.82) is 0 Å². The third kappa shape index (κ3) is 7.56. The van der Waals surface area contributed by atoms with Gasteiger partial charge in [0.1, 0.15) is 5.75 Å². The van der Waals surface area contributed by atoms with E-state index in [1.807, 2.05) is 24.3 Å². The van der Waals surface area contributed by atoms with Crippen molar-refractivity contribution in [3.05, 3.63) is 59.2 Å². The van der Waals surface area contributed by atoms with Crippen LogP contribution < -0.4 is 20.1 Å². The molecule has 1 heterocycles. The first-order valence-electron chi connectivity index (χ1n) is 12.6. The molecule has 0 spiro atoms. The van der Waals surface area contributed by atoms with Crippen LogP contribution in [-0.2, 0) is 14.8 Å². The fraction of sp³-hybridized carbons (Fsp3) is 0.407. The number of fused-ring (bicyclic) bond motifs is 1. The minimum atomic E-state index is -3.58. The Morgan fingerprint density at radius 2 is 1.89 bits per heavy atom. The molecule has 1 aliphatic rings. The number of aryl methyl sites for hydroxylation is 1. The Morgan fingerprint density at radius 3 is 2.68 bits per heavy atom. The van der Waals surface area contributed by atoms with Crippen LogP contribution in [0.3, 0.4) is 0 Å². The molecule has 0 radical (unpaired) electrons. The van der Waals surface area contributed by atoms with Crippen molar-refractivity contribution in [1.82, 2.24) is 15.0 Å². The van der Waals surface area contributed by atoms with Crippen LogP contribution in [0.5, 0.6) is 5.75 Å². The number of hydrogen-bond acceptors (Lipinski definition) is 6. The smallest absolute Gasteiger partial charge is 0.257 e. The predicted molar refractivity (Wildman–Crippen MR) is 147 cm³/mol. The van der Waals surface area contributed by atoms with Crippen molar-refractivity contribution in [3.8, 4) is 5.75 Å². The summed E-state index contributed by atoms with van der Waals surface area (Å²) < 4.78 is 33.9. The lowest BCUT2D eigenvalue weighted by Crippen LogP contribution is -2.36. The third-order valence-corrected chi connectivity index (χ3v) is 8.19. The lowest BCUT2D eigenvalue weighted by Gasteiger charge is -2.22. The summed E-state index contributed by atoms with van der Waals surface area (Å²) in [5.74, 6) is 0.247. The number of sulfonamides is 1. The fourth-order valence-corrected chi connectivity index (χ4v) is 6.02. The largest absolute Gasteiger partial charge is 0.484 e. The second kappa shape index (κ2) is 12.6. The molecule has 0 unspecified atom stereocenters. The summed E-state index contributed by atoms with van der Waals surface area (Å²) in [4.78, 5) is 16.8. The molecule has 0 atom stereocenters. The number of halogens is 1. The standard InChI is InChI=1S/C27H33ClN4O4S/c1-19-16-22(37(34,35)32-21-6-3-2-4-7-21)9-11-26(19)36-18-27(33)31-14-5-13-29-24-12-15-30-25-17-20(28)8-10-23(24)25/h8-12,15-17,21,32H,2-7,13-14,18H2,1H3,(H,29,30)(H,31,33). The quantitative estimate of drug-likeness (QED) is 0.299. The molecule has 10 heteroatoms. The van der Waals surface area contributed by atoms with Crippen LogP contribution in [0.1, 0.15) is 44.1 Å². The zero-order chi connectivity index (χ0) is 26.3. The van der Waals surface area contributed by atoms with Crippen molar-refractivity contribution in [2.45, 2.75) is 56.4 Å². The van der Waals surface area contributed by atoms with Crippen LogP contribution in [0.4, 0.5) is 5.69 Å². The molecule has 198 valence electrons. The number of nitrogens with one attached hydrogen (secondary N) is 3. The Kier molecular flexibility index (Phi) is 9.23. The SMILES string of the molecule is Cc1cc(S(=O)(=O)NC2CCCCC2)ccc1OCC(=O)NCCCNc1ccnc2cc(Cl)ccc12. The Hall–Kier alpha value is -2.88. The van der Waals surface area contributed by atoms with Crippen molar-refractivity contribution >= 4 is 44.1 Å². The maximum atomic E-state index is 12.7. The molecule has 1 fully saturated rings. The maximum Gasteiger partial charge on any atom is 0.257 e. The zero-order valence-corrected chi connectivity index (χ0v) is 22.5. The number of rotatable bonds is 11. The van der Waals surface area contributed by atoms with Gasteiger partial charge in [0.2, 0.25) is 10.0 Å². The number of carbonyl (C=O) groups excluding carboxylic acids is 1. The predicted octanol–water partition coefficient (Wildman–Crippen LogP) is 4.80. The van der Waals surface area contributed by atoms with Crippen LogP contribution in [0, 0.1) is 6.92 Å². The van der Waals surface area contributed by atoms with Crippen molar-refractivity contribution in [2.24, 2.45) is 0 Å². The zero-order valence-electron chi connectivity index (χ0n) is 20.9. The number of nitrogens with zero attached hydrogens (tertiary/aromatic N) is 1. The van der Waals surface area contributed by atoms with Gasteiger partial charge in [-0.2, -0.15) is 0 Å². The van der Waals surface area contributed by atoms with Crippen molar-refractivity contribution in [3.63, 3.8) is 0 Å². The number of ether oxygens (including phenoxy) is 1. The van der Waals surface area contributed by atoms with E-state index >= 15 is 0 Å². The topological polar surface area (TPSA) is 109 Å². The molecule has 0 saturated heterocycles. The first-order valence-corrected chi connectivity index (χ1v) is 14.5. The van der Waals surface area contributed by atoms with E-state index in [-0.39, 0.29) is 23.5 Å². The molecule has 4 rings (SSSR count). The Balaban J connectivity index is 1.19. The van der Waals surface area contributed by atoms with E-state index in [1.165, 1.54) is 6.07 Å². The van der Waals surface area contributed by atoms with Crippen LogP contribution in [0.15, 0.2) is 53.6 Å². The molecule has 1 amide bonds. The van der Waals surface area contributed by atoms with Crippen LogP contribution in [-0.4, -0.2) is 45.0 Å². The van der Waals surface area contributed by atoms with Crippen molar-refractivity contribution in [2.75, 3.05) is 25.0 Å². The van der Waals surface area contributed by atoms with E-state index in [1.54, 1.807) is 25.3 Å². The van der Waals surface area contributed by atoms with Crippen LogP contribution in [0.2, 0.25) is 5.02 Å². The van der Waals surface area contributed by atoms with Gasteiger partial charge in [0.05, 0.1) is 10.4 Å². The number of anilines is 1. The molecule has 0 aliphatic heterocycles. The lowest BCUT2D eigenvalue weighted by molar-refractivity contribution is -0.123. The number of aromatic nitrogens is 1. The number of amides is 1. The molecular weight excluding hydrogens is 512 g/mol. The highest BCUT2D eigenvalue weighted by Crippen LogP contribution is 2.25. The highest BCUT2D eigenvalue weighted by Gasteiger charge is 2.22. The number of hydrogen-bond donors (Lipinski definition) is 3. The Bertz CT molecular complexity index is 1340. The summed E-state index contributed by atoms with van der Waals surface area (Å²) in [5, 5.41) is 7.85. The average Bonchev–Trinajstić information content (AvgIpc) is 2.88. The van der Waals surface area contributed by atoms with E-state index in [2.05, 4.69) is 20.3 Å². The van der Waals surface area contributed by atoms with Gasteiger partial charge in [-0.25, -0.2) is 13.1 Å². The van der Waals surface area contributed by atoms with Gasteiger partial charge in [0, 0.05) is 41.4 Å². The van der Waals surface area contributed by atoms with Crippen LogP contribution >= 0.6 is 11.6 Å². The van der Waals surface area contributed by atoms with Gasteiger partial charge < -0.3 is 15.4 Å². The van der Waals surface area contributed by atoms with Gasteiger partial charge in [-0.15, -0.1) is 0 Å². The Morgan fingerprint density at radius 1 is 1.08 bits per heavy atom. The molecule has 1 aliphatic carbocycles. The first-order chi connectivity index (χ1) is 17.8. The normalized spacial score (nSPS) is 14.4. The molecule has 1 saturated carbocycles. The fourth-order valence-electron chi connectivity index (χ4n) is 4.47. The van der Waals surface area contributed by atoms with Gasteiger partial charge in [-0.3, -0.25) is 9.78 Å². The van der Waals surface area contributed by atoms with E-state index in [4.69, 9.17) is 16.3 Å². The average molecular weight is 545 g/mol. The lowest BCUT2D eigenvalue weighted by atomic mass is 9.96. The molecule has 0 bridgehead atoms. The minimum absolute atomic E-state index is 0.00276. The molecule has 2 aromatic carbocycles. The molecular formula is C27H33ClN4O4S. The molecule has 1 aromatic heterocycles. The summed E-state index contributed by atoms with van der Waals surface area (Å²) in [7, 11) is -3.58. The molecule has 37 heavy (non-hydrogen) atoms. The van der Waals surface area contributed by atoms with Crippen molar-refractivity contribution < 1.29 is 17.9 Å². The monoisotopic (exact) mass is 544 g/mol. The summed E-state index contributed by atoms with van der Waals surface area (Å²) in [6.07, 6.45) is 7.47. The summed E-state index contributed by atoms with van der Waals surface area (Å²) >= 11 is 6.04. The molecule has 8 nitrogen and oxygen atoms in total. The summed E-state index contributed by atoms with van der Waals surface area (Å²) in [6, 6.07) is 12.2. The maximum absolute atomic E-state index is 12.7. The molecule has 3 N–H and O–H groups in total. The van der Waals surface area contributed by atoms with Gasteiger partial charge >= 0.3 is 0 Å². The summed E-state index contributed by atoms with van der Waals surface area (Å²) in [6.45, 7) is 2.80. The van der Waals surface area contributed by atoms with Gasteiger partial charge in [0.15, 0.2) is 6.61 Å². The van der Waals surface area contributed by atoms with Gasteiger partial charge in [-0.05, 0) is 74.2 Å². The highest BCUT2D eigenvalue weighted by atomic mass is 35.5. The first kappa shape index (κ1) is 27.2. The number of benzene rings is 2. The second-order valence-electron chi connectivity index (χ2n) is 9.32. The van der Waals surface area contributed by atoms with E-state index in [9.17, 15) is 13.2 Å². The van der Waals surface area contributed by atoms with Gasteiger partial charge in [-0.1, -0.05) is 30.9 Å². The molecule has 3 aromatic rings. The van der Waals surface area contributed by atoms with Gasteiger partial charge in [0.25, 0.3) is 5.91 Å². The minimum Gasteiger partial charge on any atom is -0.484 e. The third-order valence-electron chi connectivity index (χ3n) is 6.44. The second-order valence-corrected chi connectivity index (χ2v) is 11.5. The van der Waals surface area contributed by atoms with E-state index in [0.717, 1.165) is 55.1 Å². The van der Waals surface area contributed by atoms with E-state index in [0.29, 0.717) is 29.4 Å². The summed E-state index contributed by atoms with van der Waals surface area (Å²) in [5.41, 5.74) is 2.45.